The zero-order chi connectivity index (χ0) is 13.9. The topological polar surface area (TPSA) is 56.0 Å². The van der Waals surface area contributed by atoms with Crippen LogP contribution in [0.25, 0.3) is 10.9 Å². The molecule has 0 amide bonds. The maximum absolute atomic E-state index is 12.4. The van der Waals surface area contributed by atoms with Gasteiger partial charge in [0.05, 0.1) is 11.6 Å². The van der Waals surface area contributed by atoms with Crippen LogP contribution in [0, 0.1) is 0 Å². The van der Waals surface area contributed by atoms with Gasteiger partial charge >= 0.3 is 0 Å². The molecule has 2 N–H and O–H groups in total. The lowest BCUT2D eigenvalue weighted by molar-refractivity contribution is 0.0961. The molecule has 3 rings (SSSR count). The first kappa shape index (κ1) is 12.5. The minimum absolute atomic E-state index is 0.0815. The second kappa shape index (κ2) is 5.23. The van der Waals surface area contributed by atoms with Crippen LogP contribution >= 0.6 is 0 Å². The fourth-order valence-electron chi connectivity index (χ4n) is 2.22. The molecule has 20 heavy (non-hydrogen) atoms. The van der Waals surface area contributed by atoms with Crippen LogP contribution in [0.4, 0.5) is 0 Å². The maximum atomic E-state index is 12.4. The summed E-state index contributed by atoms with van der Waals surface area (Å²) < 4.78 is 0. The van der Waals surface area contributed by atoms with Crippen LogP contribution in [0.3, 0.4) is 0 Å². The van der Waals surface area contributed by atoms with Gasteiger partial charge < -0.3 is 5.73 Å². The highest BCUT2D eigenvalue weighted by Crippen LogP contribution is 2.19. The van der Waals surface area contributed by atoms with Crippen molar-refractivity contribution in [3.8, 4) is 0 Å². The molecule has 1 atom stereocenters. The lowest BCUT2D eigenvalue weighted by Crippen LogP contribution is -2.21. The average molecular weight is 262 g/mol. The second-order valence-electron chi connectivity index (χ2n) is 4.66. The minimum atomic E-state index is -0.634. The Morgan fingerprint density at radius 1 is 1.00 bits per heavy atom. The van der Waals surface area contributed by atoms with Crippen LogP contribution in [0.5, 0.6) is 0 Å². The fourth-order valence-corrected chi connectivity index (χ4v) is 2.22. The summed E-state index contributed by atoms with van der Waals surface area (Å²) in [5.74, 6) is -0.0815. The zero-order valence-electron chi connectivity index (χ0n) is 10.9. The molecule has 0 aliphatic rings. The summed E-state index contributed by atoms with van der Waals surface area (Å²) in [6.45, 7) is 0. The largest absolute Gasteiger partial charge is 0.318 e. The lowest BCUT2D eigenvalue weighted by atomic mass is 9.97. The highest BCUT2D eigenvalue weighted by Gasteiger charge is 2.17. The lowest BCUT2D eigenvalue weighted by Gasteiger charge is -2.11. The predicted molar refractivity (Wildman–Crippen MR) is 79.4 cm³/mol. The van der Waals surface area contributed by atoms with Gasteiger partial charge in [-0.05, 0) is 29.8 Å². The van der Waals surface area contributed by atoms with Crippen molar-refractivity contribution in [3.63, 3.8) is 0 Å². The van der Waals surface area contributed by atoms with Crippen LogP contribution in [-0.2, 0) is 0 Å². The van der Waals surface area contributed by atoms with E-state index in [1.165, 1.54) is 0 Å². The molecule has 0 saturated carbocycles. The summed E-state index contributed by atoms with van der Waals surface area (Å²) in [6.07, 6.45) is 1.74. The second-order valence-corrected chi connectivity index (χ2v) is 4.66. The van der Waals surface area contributed by atoms with Crippen LogP contribution in [-0.4, -0.2) is 10.8 Å². The number of rotatable bonds is 3. The van der Waals surface area contributed by atoms with Crippen molar-refractivity contribution in [2.24, 2.45) is 5.73 Å². The van der Waals surface area contributed by atoms with Crippen LogP contribution in [0.2, 0.25) is 0 Å². The molecule has 3 heteroatoms. The first-order chi connectivity index (χ1) is 9.75. The predicted octanol–water partition coefficient (Wildman–Crippen LogP) is 3.12. The quantitative estimate of drug-likeness (QED) is 0.738. The van der Waals surface area contributed by atoms with E-state index in [4.69, 9.17) is 5.73 Å². The monoisotopic (exact) mass is 262 g/mol. The van der Waals surface area contributed by atoms with Crippen molar-refractivity contribution in [1.82, 2.24) is 4.98 Å². The van der Waals surface area contributed by atoms with Gasteiger partial charge in [-0.2, -0.15) is 0 Å². The molecule has 0 radical (unpaired) electrons. The van der Waals surface area contributed by atoms with Gasteiger partial charge in [0.2, 0.25) is 0 Å². The smallest absolute Gasteiger partial charge is 0.184 e. The van der Waals surface area contributed by atoms with Gasteiger partial charge in [-0.25, -0.2) is 0 Å². The average Bonchev–Trinajstić information content (AvgIpc) is 2.54. The number of carbonyl (C=O) groups excluding carboxylic acids is 1. The van der Waals surface area contributed by atoms with Gasteiger partial charge in [-0.3, -0.25) is 9.78 Å². The summed E-state index contributed by atoms with van der Waals surface area (Å²) in [7, 11) is 0. The van der Waals surface area contributed by atoms with E-state index in [0.29, 0.717) is 5.56 Å². The standard InChI is InChI=1S/C17H14N2O/c18-16(12-5-2-1-3-6-12)17(20)14-8-9-15-13(11-14)7-4-10-19-15/h1-11,16H,18H2/t16-/m1/s1. The number of pyridine rings is 1. The summed E-state index contributed by atoms with van der Waals surface area (Å²) in [6, 6.07) is 18.0. The zero-order valence-corrected chi connectivity index (χ0v) is 10.9. The maximum Gasteiger partial charge on any atom is 0.184 e. The van der Waals surface area contributed by atoms with Gasteiger partial charge in [0.1, 0.15) is 0 Å². The highest BCUT2D eigenvalue weighted by atomic mass is 16.1. The number of Topliss-reactive ketones (excluding diaryl/α,β-unsaturated/α-hetero) is 1. The van der Waals surface area contributed by atoms with E-state index < -0.39 is 6.04 Å². The van der Waals surface area contributed by atoms with Gasteiger partial charge in [0, 0.05) is 17.1 Å². The summed E-state index contributed by atoms with van der Waals surface area (Å²) >= 11 is 0. The minimum Gasteiger partial charge on any atom is -0.318 e. The number of hydrogen-bond donors (Lipinski definition) is 1. The molecule has 1 aromatic heterocycles. The Hall–Kier alpha value is -2.52. The number of benzene rings is 2. The normalized spacial score (nSPS) is 12.2. The van der Waals surface area contributed by atoms with Crippen molar-refractivity contribution in [2.75, 3.05) is 0 Å². The van der Waals surface area contributed by atoms with Gasteiger partial charge in [-0.15, -0.1) is 0 Å². The number of nitrogens with two attached hydrogens (primary N) is 1. The molecule has 0 unspecified atom stereocenters. The third-order valence-corrected chi connectivity index (χ3v) is 3.33. The van der Waals surface area contributed by atoms with Crippen molar-refractivity contribution in [2.45, 2.75) is 6.04 Å². The van der Waals surface area contributed by atoms with Crippen molar-refractivity contribution in [1.29, 1.82) is 0 Å². The van der Waals surface area contributed by atoms with E-state index in [2.05, 4.69) is 4.98 Å². The first-order valence-electron chi connectivity index (χ1n) is 6.45. The Labute approximate surface area is 117 Å². The third kappa shape index (κ3) is 2.31. The first-order valence-corrected chi connectivity index (χ1v) is 6.45. The van der Waals surface area contributed by atoms with E-state index in [1.807, 2.05) is 54.6 Å². The van der Waals surface area contributed by atoms with Crippen molar-refractivity contribution >= 4 is 16.7 Å². The summed E-state index contributed by atoms with van der Waals surface area (Å²) in [5.41, 5.74) is 8.36. The Morgan fingerprint density at radius 3 is 2.60 bits per heavy atom. The number of nitrogens with zero attached hydrogens (tertiary/aromatic N) is 1. The molecule has 98 valence electrons. The Bertz CT molecular complexity index is 753. The summed E-state index contributed by atoms with van der Waals surface area (Å²) in [4.78, 5) is 16.7. The third-order valence-electron chi connectivity index (χ3n) is 3.33. The molecule has 2 aromatic carbocycles. The number of hydrogen-bond acceptors (Lipinski definition) is 3. The molecule has 0 bridgehead atoms. The van der Waals surface area contributed by atoms with E-state index >= 15 is 0 Å². The molecular weight excluding hydrogens is 248 g/mol. The number of aromatic nitrogens is 1. The molecule has 3 nitrogen and oxygen atoms in total. The number of ketones is 1. The van der Waals surface area contributed by atoms with Crippen LogP contribution in [0.15, 0.2) is 66.9 Å². The summed E-state index contributed by atoms with van der Waals surface area (Å²) in [5, 5.41) is 0.943. The van der Waals surface area contributed by atoms with E-state index in [9.17, 15) is 4.79 Å². The molecule has 0 saturated heterocycles. The van der Waals surface area contributed by atoms with Gasteiger partial charge in [-0.1, -0.05) is 36.4 Å². The van der Waals surface area contributed by atoms with E-state index in [1.54, 1.807) is 12.3 Å². The Balaban J connectivity index is 1.96. The Morgan fingerprint density at radius 2 is 1.80 bits per heavy atom. The highest BCUT2D eigenvalue weighted by molar-refractivity contribution is 6.03. The SMILES string of the molecule is N[C@@H](C(=O)c1ccc2ncccc2c1)c1ccccc1. The van der Waals surface area contributed by atoms with E-state index in [-0.39, 0.29) is 5.78 Å². The van der Waals surface area contributed by atoms with Crippen LogP contribution in [0.1, 0.15) is 22.0 Å². The van der Waals surface area contributed by atoms with Gasteiger partial charge in [0.25, 0.3) is 0 Å². The molecule has 0 aliphatic carbocycles. The molecule has 0 fully saturated rings. The van der Waals surface area contributed by atoms with Crippen LogP contribution < -0.4 is 5.73 Å². The molecule has 0 spiro atoms. The Kier molecular flexibility index (Phi) is 3.27. The number of carbonyl (C=O) groups is 1. The fraction of sp³-hybridized carbons (Fsp3) is 0.0588. The number of fused-ring (bicyclic) bond motifs is 1. The molecule has 1 heterocycles. The molecular formula is C17H14N2O. The molecule has 0 aliphatic heterocycles. The van der Waals surface area contributed by atoms with E-state index in [0.717, 1.165) is 16.5 Å². The van der Waals surface area contributed by atoms with Crippen molar-refractivity contribution in [3.05, 3.63) is 78.0 Å². The van der Waals surface area contributed by atoms with Gasteiger partial charge in [0.15, 0.2) is 5.78 Å². The molecule has 3 aromatic rings. The van der Waals surface area contributed by atoms with Crippen molar-refractivity contribution < 1.29 is 4.79 Å².